The minimum Gasteiger partial charge on any atom is -0.494 e. The van der Waals surface area contributed by atoms with Gasteiger partial charge in [0.25, 0.3) is 5.91 Å². The summed E-state index contributed by atoms with van der Waals surface area (Å²) in [5.41, 5.74) is 1.77. The quantitative estimate of drug-likeness (QED) is 0.176. The molecule has 0 unspecified atom stereocenters. The number of aliphatic imine (C=N–C) groups is 1. The van der Waals surface area contributed by atoms with E-state index in [0.29, 0.717) is 37.6 Å². The number of rotatable bonds is 13. The minimum atomic E-state index is -1.10. The molecular formula is C35H34N2O4S. The zero-order valence-corrected chi connectivity index (χ0v) is 24.1. The number of amides is 1. The van der Waals surface area contributed by atoms with Crippen molar-refractivity contribution in [1.29, 1.82) is 0 Å². The van der Waals surface area contributed by atoms with Crippen LogP contribution < -0.4 is 10.1 Å². The van der Waals surface area contributed by atoms with E-state index in [9.17, 15) is 4.79 Å². The molecule has 42 heavy (non-hydrogen) atoms. The summed E-state index contributed by atoms with van der Waals surface area (Å²) in [6.07, 6.45) is 4.95. The summed E-state index contributed by atoms with van der Waals surface area (Å²) in [5, 5.41) is 12.1. The average Bonchev–Trinajstić information content (AvgIpc) is 3.47. The number of aliphatic hydroxyl groups is 1. The van der Waals surface area contributed by atoms with Crippen molar-refractivity contribution in [3.05, 3.63) is 132 Å². The molecule has 0 fully saturated rings. The van der Waals surface area contributed by atoms with E-state index >= 15 is 0 Å². The Labute approximate surface area is 251 Å². The molecule has 7 heteroatoms. The summed E-state index contributed by atoms with van der Waals surface area (Å²) in [6, 6.07) is 35.7. The summed E-state index contributed by atoms with van der Waals surface area (Å²) in [4.78, 5) is 21.0. The molecule has 0 spiro atoms. The Hall–Kier alpha value is -4.33. The summed E-state index contributed by atoms with van der Waals surface area (Å²) in [7, 11) is 0. The molecule has 4 aromatic carbocycles. The molecule has 5 rings (SSSR count). The second kappa shape index (κ2) is 14.5. The maximum absolute atomic E-state index is 13.9. The van der Waals surface area contributed by atoms with Crippen LogP contribution in [0.4, 0.5) is 0 Å². The highest BCUT2D eigenvalue weighted by atomic mass is 32.2. The number of ether oxygens (including phenoxy) is 2. The molecule has 0 saturated heterocycles. The number of carbonyl (C=O) groups is 1. The van der Waals surface area contributed by atoms with Crippen LogP contribution in [0, 0.1) is 0 Å². The van der Waals surface area contributed by atoms with Gasteiger partial charge in [-0.1, -0.05) is 90.6 Å². The van der Waals surface area contributed by atoms with Gasteiger partial charge in [-0.15, -0.1) is 0 Å². The number of aliphatic hydroxyl groups excluding tert-OH is 1. The van der Waals surface area contributed by atoms with Crippen molar-refractivity contribution in [1.82, 2.24) is 5.32 Å². The van der Waals surface area contributed by atoms with Gasteiger partial charge in [-0.05, 0) is 53.6 Å². The molecular weight excluding hydrogens is 544 g/mol. The SMILES string of the molecule is O=C(NCc1ccccc1Sc1ccccc1)[C@@]1(C/C=C/c2ccccc2)COC(c2ccc(OCCCO)cc2)=N1. The summed E-state index contributed by atoms with van der Waals surface area (Å²) in [5.74, 6) is 0.950. The Balaban J connectivity index is 1.34. The van der Waals surface area contributed by atoms with E-state index < -0.39 is 5.54 Å². The third kappa shape index (κ3) is 7.69. The normalized spacial score (nSPS) is 16.2. The Morgan fingerprint density at radius 2 is 1.67 bits per heavy atom. The van der Waals surface area contributed by atoms with E-state index in [2.05, 4.69) is 23.5 Å². The number of hydrogen-bond acceptors (Lipinski definition) is 6. The number of hydrogen-bond donors (Lipinski definition) is 2. The monoisotopic (exact) mass is 578 g/mol. The molecule has 4 aromatic rings. The fourth-order valence-electron chi connectivity index (χ4n) is 4.52. The van der Waals surface area contributed by atoms with Crippen LogP contribution in [0.1, 0.15) is 29.5 Å². The first-order chi connectivity index (χ1) is 20.6. The third-order valence-corrected chi connectivity index (χ3v) is 7.93. The van der Waals surface area contributed by atoms with Crippen LogP contribution in [0.25, 0.3) is 6.08 Å². The first kappa shape index (κ1) is 29.2. The lowest BCUT2D eigenvalue weighted by molar-refractivity contribution is -0.126. The van der Waals surface area contributed by atoms with Crippen molar-refractivity contribution >= 4 is 29.6 Å². The molecule has 1 amide bonds. The molecule has 2 N–H and O–H groups in total. The predicted octanol–water partition coefficient (Wildman–Crippen LogP) is 6.53. The molecule has 1 atom stereocenters. The van der Waals surface area contributed by atoms with Crippen LogP contribution in [-0.2, 0) is 16.1 Å². The molecule has 214 valence electrons. The largest absolute Gasteiger partial charge is 0.494 e. The van der Waals surface area contributed by atoms with Gasteiger partial charge >= 0.3 is 0 Å². The van der Waals surface area contributed by atoms with Crippen LogP contribution in [-0.4, -0.2) is 42.3 Å². The Kier molecular flexibility index (Phi) is 10.1. The van der Waals surface area contributed by atoms with Gasteiger partial charge in [-0.3, -0.25) is 4.79 Å². The van der Waals surface area contributed by atoms with E-state index in [1.165, 1.54) is 0 Å². The standard InChI is InChI=1S/C35H34N2O4S/c38-23-10-24-40-30-20-18-28(19-21-30)33-37-35(26-41-33,22-9-13-27-11-3-1-4-12-27)34(39)36-25-29-14-7-8-17-32(29)42-31-15-5-2-6-16-31/h1-9,11-21,38H,10,22-26H2,(H,36,39)/b13-9+/t35-/m1/s1. The van der Waals surface area contributed by atoms with Crippen molar-refractivity contribution in [3.63, 3.8) is 0 Å². The highest BCUT2D eigenvalue weighted by Gasteiger charge is 2.43. The van der Waals surface area contributed by atoms with Gasteiger partial charge in [0.05, 0.1) is 6.61 Å². The van der Waals surface area contributed by atoms with Crippen LogP contribution >= 0.6 is 11.8 Å². The zero-order valence-electron chi connectivity index (χ0n) is 23.3. The lowest BCUT2D eigenvalue weighted by Crippen LogP contribution is -2.46. The van der Waals surface area contributed by atoms with Crippen LogP contribution in [0.15, 0.2) is 130 Å². The highest BCUT2D eigenvalue weighted by Crippen LogP contribution is 2.31. The lowest BCUT2D eigenvalue weighted by Gasteiger charge is -2.22. The molecule has 0 aliphatic carbocycles. The van der Waals surface area contributed by atoms with Crippen LogP contribution in [0.3, 0.4) is 0 Å². The number of nitrogens with one attached hydrogen (secondary N) is 1. The summed E-state index contributed by atoms with van der Waals surface area (Å²) >= 11 is 1.68. The Morgan fingerprint density at radius 3 is 2.43 bits per heavy atom. The van der Waals surface area contributed by atoms with Gasteiger partial charge in [-0.25, -0.2) is 4.99 Å². The fourth-order valence-corrected chi connectivity index (χ4v) is 5.48. The van der Waals surface area contributed by atoms with Crippen molar-refractivity contribution in [3.8, 4) is 5.75 Å². The Morgan fingerprint density at radius 1 is 0.952 bits per heavy atom. The molecule has 0 bridgehead atoms. The predicted molar refractivity (Wildman–Crippen MR) is 168 cm³/mol. The first-order valence-electron chi connectivity index (χ1n) is 14.0. The summed E-state index contributed by atoms with van der Waals surface area (Å²) < 4.78 is 11.7. The van der Waals surface area contributed by atoms with E-state index in [-0.39, 0.29) is 19.1 Å². The molecule has 1 heterocycles. The first-order valence-corrected chi connectivity index (χ1v) is 14.8. The van der Waals surface area contributed by atoms with Gasteiger partial charge < -0.3 is 19.9 Å². The topological polar surface area (TPSA) is 80.2 Å². The highest BCUT2D eigenvalue weighted by molar-refractivity contribution is 7.99. The number of benzene rings is 4. The van der Waals surface area contributed by atoms with Gasteiger partial charge in [0, 0.05) is 41.3 Å². The molecule has 0 saturated carbocycles. The second-order valence-corrected chi connectivity index (χ2v) is 11.0. The maximum atomic E-state index is 13.9. The minimum absolute atomic E-state index is 0.0864. The van der Waals surface area contributed by atoms with Gasteiger partial charge in [0.15, 0.2) is 5.54 Å². The van der Waals surface area contributed by atoms with Crippen molar-refractivity contribution in [2.24, 2.45) is 4.99 Å². The van der Waals surface area contributed by atoms with Crippen LogP contribution in [0.2, 0.25) is 0 Å². The van der Waals surface area contributed by atoms with Gasteiger partial charge in [-0.2, -0.15) is 0 Å². The van der Waals surface area contributed by atoms with Gasteiger partial charge in [0.1, 0.15) is 12.4 Å². The lowest BCUT2D eigenvalue weighted by atomic mass is 9.95. The second-order valence-electron chi connectivity index (χ2n) is 9.91. The van der Waals surface area contributed by atoms with E-state index in [1.807, 2.05) is 103 Å². The molecule has 1 aliphatic rings. The van der Waals surface area contributed by atoms with E-state index in [0.717, 1.165) is 26.5 Å². The fraction of sp³-hybridized carbons (Fsp3) is 0.200. The number of nitrogens with zero attached hydrogens (tertiary/aromatic N) is 1. The average molecular weight is 579 g/mol. The van der Waals surface area contributed by atoms with Crippen LogP contribution in [0.5, 0.6) is 5.75 Å². The van der Waals surface area contributed by atoms with Gasteiger partial charge in [0.2, 0.25) is 5.90 Å². The Bertz CT molecular complexity index is 1510. The molecule has 0 radical (unpaired) electrons. The third-order valence-electron chi connectivity index (χ3n) is 6.81. The van der Waals surface area contributed by atoms with Crippen molar-refractivity contribution < 1.29 is 19.4 Å². The molecule has 0 aromatic heterocycles. The van der Waals surface area contributed by atoms with Crippen molar-refractivity contribution in [2.45, 2.75) is 34.7 Å². The smallest absolute Gasteiger partial charge is 0.252 e. The van der Waals surface area contributed by atoms with E-state index in [1.54, 1.807) is 11.8 Å². The molecule has 6 nitrogen and oxygen atoms in total. The summed E-state index contributed by atoms with van der Waals surface area (Å²) in [6.45, 7) is 1.05. The maximum Gasteiger partial charge on any atom is 0.252 e. The number of carbonyl (C=O) groups excluding carboxylic acids is 1. The van der Waals surface area contributed by atoms with E-state index in [4.69, 9.17) is 19.6 Å². The molecule has 1 aliphatic heterocycles. The van der Waals surface area contributed by atoms with Crippen molar-refractivity contribution in [2.75, 3.05) is 19.8 Å². The zero-order chi connectivity index (χ0) is 29.0.